The predicted molar refractivity (Wildman–Crippen MR) is 80.5 cm³/mol. The number of carbonyl (C=O) groups excluding carboxylic acids is 1. The number of hydrogen-bond acceptors (Lipinski definition) is 4. The van der Waals surface area contributed by atoms with E-state index in [0.717, 1.165) is 24.3 Å². The second-order valence-corrected chi connectivity index (χ2v) is 6.39. The fourth-order valence-corrected chi connectivity index (χ4v) is 3.71. The molecular formula is C15H20FNO2S. The van der Waals surface area contributed by atoms with E-state index in [9.17, 15) is 9.18 Å². The Morgan fingerprint density at radius 2 is 2.20 bits per heavy atom. The Bertz CT molecular complexity index is 465. The van der Waals surface area contributed by atoms with Crippen LogP contribution in [0.2, 0.25) is 0 Å². The Kier molecular flexibility index (Phi) is 4.91. The standard InChI is InChI=1S/C15H20FNO2S/c1-3-19-14(18)15(9-4-10-20-11(15)2)17-13-7-5-12(16)6-8-13/h5-8,11,17H,3-4,9-10H2,1-2H3. The summed E-state index contributed by atoms with van der Waals surface area (Å²) in [6, 6.07) is 6.09. The van der Waals surface area contributed by atoms with E-state index < -0.39 is 5.54 Å². The van der Waals surface area contributed by atoms with E-state index in [1.54, 1.807) is 23.9 Å². The molecule has 110 valence electrons. The highest BCUT2D eigenvalue weighted by Crippen LogP contribution is 2.37. The maximum Gasteiger partial charge on any atom is 0.332 e. The average molecular weight is 297 g/mol. The summed E-state index contributed by atoms with van der Waals surface area (Å²) >= 11 is 1.76. The van der Waals surface area contributed by atoms with Crippen LogP contribution in [0.1, 0.15) is 26.7 Å². The summed E-state index contributed by atoms with van der Waals surface area (Å²) in [5, 5.41) is 3.41. The maximum atomic E-state index is 13.0. The third-order valence-corrected chi connectivity index (χ3v) is 5.06. The lowest BCUT2D eigenvalue weighted by Gasteiger charge is -2.41. The number of hydrogen-bond donors (Lipinski definition) is 1. The van der Waals surface area contributed by atoms with E-state index in [-0.39, 0.29) is 17.0 Å². The fraction of sp³-hybridized carbons (Fsp3) is 0.533. The fourth-order valence-electron chi connectivity index (χ4n) is 2.49. The number of thioether (sulfide) groups is 1. The second-order valence-electron chi connectivity index (χ2n) is 4.94. The molecule has 0 aliphatic carbocycles. The van der Waals surface area contributed by atoms with Gasteiger partial charge in [-0.2, -0.15) is 11.8 Å². The van der Waals surface area contributed by atoms with Gasteiger partial charge in [-0.1, -0.05) is 6.92 Å². The maximum absolute atomic E-state index is 13.0. The molecule has 0 spiro atoms. The van der Waals surface area contributed by atoms with Crippen molar-refractivity contribution in [3.63, 3.8) is 0 Å². The molecule has 3 nitrogen and oxygen atoms in total. The van der Waals surface area contributed by atoms with Crippen LogP contribution in [0.4, 0.5) is 10.1 Å². The van der Waals surface area contributed by atoms with Crippen molar-refractivity contribution in [1.82, 2.24) is 0 Å². The van der Waals surface area contributed by atoms with E-state index in [4.69, 9.17) is 4.74 Å². The van der Waals surface area contributed by atoms with Gasteiger partial charge in [0.15, 0.2) is 0 Å². The molecule has 1 aromatic rings. The number of carbonyl (C=O) groups is 1. The summed E-state index contributed by atoms with van der Waals surface area (Å²) in [6.45, 7) is 4.21. The van der Waals surface area contributed by atoms with Gasteiger partial charge in [-0.15, -0.1) is 0 Å². The molecule has 2 atom stereocenters. The highest BCUT2D eigenvalue weighted by Gasteiger charge is 2.46. The normalized spacial score (nSPS) is 26.1. The Balaban J connectivity index is 2.26. The van der Waals surface area contributed by atoms with E-state index in [2.05, 4.69) is 5.32 Å². The van der Waals surface area contributed by atoms with Crippen molar-refractivity contribution in [1.29, 1.82) is 0 Å². The van der Waals surface area contributed by atoms with E-state index in [0.29, 0.717) is 6.61 Å². The first-order valence-electron chi connectivity index (χ1n) is 6.91. The smallest absolute Gasteiger partial charge is 0.332 e. The average Bonchev–Trinajstić information content (AvgIpc) is 2.44. The number of halogens is 1. The van der Waals surface area contributed by atoms with Crippen LogP contribution in [0.5, 0.6) is 0 Å². The zero-order valence-corrected chi connectivity index (χ0v) is 12.6. The summed E-state index contributed by atoms with van der Waals surface area (Å²) in [6.07, 6.45) is 1.69. The molecular weight excluding hydrogens is 277 g/mol. The van der Waals surface area contributed by atoms with Crippen LogP contribution >= 0.6 is 11.8 Å². The molecule has 1 fully saturated rings. The molecule has 2 rings (SSSR count). The van der Waals surface area contributed by atoms with Crippen molar-refractivity contribution < 1.29 is 13.9 Å². The molecule has 1 aliphatic heterocycles. The largest absolute Gasteiger partial charge is 0.464 e. The molecule has 1 aromatic carbocycles. The molecule has 5 heteroatoms. The number of benzene rings is 1. The van der Waals surface area contributed by atoms with Gasteiger partial charge in [0.25, 0.3) is 0 Å². The molecule has 0 saturated carbocycles. The molecule has 0 amide bonds. The molecule has 1 heterocycles. The number of anilines is 1. The zero-order valence-electron chi connectivity index (χ0n) is 11.8. The van der Waals surface area contributed by atoms with Gasteiger partial charge in [0.1, 0.15) is 11.4 Å². The number of nitrogens with one attached hydrogen (secondary N) is 1. The van der Waals surface area contributed by atoms with Crippen molar-refractivity contribution in [2.24, 2.45) is 0 Å². The van der Waals surface area contributed by atoms with Crippen LogP contribution in [0.3, 0.4) is 0 Å². The van der Waals surface area contributed by atoms with E-state index in [1.165, 1.54) is 12.1 Å². The highest BCUT2D eigenvalue weighted by atomic mass is 32.2. The van der Waals surface area contributed by atoms with Gasteiger partial charge >= 0.3 is 5.97 Å². The van der Waals surface area contributed by atoms with Crippen LogP contribution in [0, 0.1) is 5.82 Å². The molecule has 20 heavy (non-hydrogen) atoms. The SMILES string of the molecule is CCOC(=O)C1(Nc2ccc(F)cc2)CCCSC1C. The number of ether oxygens (including phenoxy) is 1. The van der Waals surface area contributed by atoms with Crippen LogP contribution < -0.4 is 5.32 Å². The van der Waals surface area contributed by atoms with Gasteiger partial charge < -0.3 is 10.1 Å². The van der Waals surface area contributed by atoms with Crippen LogP contribution in [0.25, 0.3) is 0 Å². The Morgan fingerprint density at radius 3 is 2.80 bits per heavy atom. The summed E-state index contributed by atoms with van der Waals surface area (Å²) in [5.74, 6) is 0.545. The van der Waals surface area contributed by atoms with E-state index >= 15 is 0 Å². The molecule has 0 bridgehead atoms. The first kappa shape index (κ1) is 15.2. The van der Waals surface area contributed by atoms with Crippen LogP contribution in [-0.2, 0) is 9.53 Å². The lowest BCUT2D eigenvalue weighted by atomic mass is 9.89. The predicted octanol–water partition coefficient (Wildman–Crippen LogP) is 3.46. The first-order valence-corrected chi connectivity index (χ1v) is 7.96. The third kappa shape index (κ3) is 3.08. The van der Waals surface area contributed by atoms with Crippen LogP contribution in [0.15, 0.2) is 24.3 Å². The molecule has 0 radical (unpaired) electrons. The summed E-state index contributed by atoms with van der Waals surface area (Å²) in [4.78, 5) is 12.4. The number of rotatable bonds is 4. The van der Waals surface area contributed by atoms with Gasteiger partial charge in [-0.25, -0.2) is 9.18 Å². The third-order valence-electron chi connectivity index (χ3n) is 3.63. The molecule has 1 saturated heterocycles. The van der Waals surface area contributed by atoms with E-state index in [1.807, 2.05) is 13.8 Å². The first-order chi connectivity index (χ1) is 9.58. The minimum Gasteiger partial charge on any atom is -0.464 e. The minimum absolute atomic E-state index is 0.111. The van der Waals surface area contributed by atoms with Gasteiger partial charge in [0.05, 0.1) is 6.61 Å². The Morgan fingerprint density at radius 1 is 1.50 bits per heavy atom. The Labute approximate surface area is 123 Å². The van der Waals surface area contributed by atoms with Crippen molar-refractivity contribution in [2.75, 3.05) is 17.7 Å². The summed E-state index contributed by atoms with van der Waals surface area (Å²) in [7, 11) is 0. The summed E-state index contributed by atoms with van der Waals surface area (Å²) in [5.41, 5.74) is 0.0188. The van der Waals surface area contributed by atoms with Crippen molar-refractivity contribution >= 4 is 23.4 Å². The lowest BCUT2D eigenvalue weighted by molar-refractivity contribution is -0.148. The Hall–Kier alpha value is -1.23. The van der Waals surface area contributed by atoms with Crippen LogP contribution in [-0.4, -0.2) is 29.1 Å². The molecule has 1 N–H and O–H groups in total. The zero-order chi connectivity index (χ0) is 14.6. The van der Waals surface area contributed by atoms with Crippen molar-refractivity contribution in [3.8, 4) is 0 Å². The van der Waals surface area contributed by atoms with Gasteiger partial charge in [-0.05, 0) is 49.8 Å². The van der Waals surface area contributed by atoms with Crippen molar-refractivity contribution in [2.45, 2.75) is 37.5 Å². The second kappa shape index (κ2) is 6.48. The van der Waals surface area contributed by atoms with Gasteiger partial charge in [0, 0.05) is 10.9 Å². The molecule has 1 aliphatic rings. The van der Waals surface area contributed by atoms with Crippen molar-refractivity contribution in [3.05, 3.63) is 30.1 Å². The van der Waals surface area contributed by atoms with Gasteiger partial charge in [-0.3, -0.25) is 0 Å². The topological polar surface area (TPSA) is 38.3 Å². The quantitative estimate of drug-likeness (QED) is 0.864. The number of esters is 1. The molecule has 2 unspecified atom stereocenters. The summed E-state index contributed by atoms with van der Waals surface area (Å²) < 4.78 is 18.3. The monoisotopic (exact) mass is 297 g/mol. The van der Waals surface area contributed by atoms with Gasteiger partial charge in [0.2, 0.25) is 0 Å². The lowest BCUT2D eigenvalue weighted by Crippen LogP contribution is -2.56. The molecule has 0 aromatic heterocycles. The minimum atomic E-state index is -0.725. The highest BCUT2D eigenvalue weighted by molar-refractivity contribution is 8.00.